The first-order valence-electron chi connectivity index (χ1n) is 13.9. The summed E-state index contributed by atoms with van der Waals surface area (Å²) in [6.45, 7) is 3.92. The summed E-state index contributed by atoms with van der Waals surface area (Å²) in [6, 6.07) is 21.4. The van der Waals surface area contributed by atoms with Crippen molar-refractivity contribution in [3.05, 3.63) is 95.7 Å². The van der Waals surface area contributed by atoms with Crippen LogP contribution in [-0.4, -0.2) is 52.2 Å². The van der Waals surface area contributed by atoms with E-state index in [0.717, 1.165) is 27.5 Å². The molecule has 0 bridgehead atoms. The van der Waals surface area contributed by atoms with Gasteiger partial charge in [-0.05, 0) is 71.0 Å². The summed E-state index contributed by atoms with van der Waals surface area (Å²) >= 11 is 0. The number of anilines is 1. The Morgan fingerprint density at radius 2 is 1.64 bits per heavy atom. The van der Waals surface area contributed by atoms with E-state index < -0.39 is 36.5 Å². The minimum Gasteiger partial charge on any atom is -0.481 e. The van der Waals surface area contributed by atoms with Crippen molar-refractivity contribution in [3.8, 4) is 11.1 Å². The second-order valence-electron chi connectivity index (χ2n) is 10.3. The monoisotopic (exact) mass is 568 g/mol. The van der Waals surface area contributed by atoms with Crippen molar-refractivity contribution in [1.82, 2.24) is 15.6 Å². The van der Waals surface area contributed by atoms with Crippen LogP contribution in [0.3, 0.4) is 0 Å². The summed E-state index contributed by atoms with van der Waals surface area (Å²) in [5.74, 6) is -1.43. The van der Waals surface area contributed by atoms with Crippen molar-refractivity contribution < 1.29 is 24.6 Å². The fraction of sp³-hybridized carbons (Fsp3) is 0.273. The number of carboxylic acid groups (broad SMARTS) is 1. The molecule has 218 valence electrons. The number of aromatic nitrogens is 1. The van der Waals surface area contributed by atoms with Gasteiger partial charge in [0.2, 0.25) is 11.8 Å². The normalized spacial score (nSPS) is 12.4. The third-order valence-corrected chi connectivity index (χ3v) is 7.10. The number of aliphatic hydroxyl groups excluding tert-OH is 1. The first-order chi connectivity index (χ1) is 20.2. The SMILES string of the molecule is Cc1ccnc(NCCCC(=O)N[C@@H](CO)C(=O)N[C@@H](CC(=O)O)c2ccc(-c3ccc(C)c4ccccc34)cc2)c1. The molecular weight excluding hydrogens is 532 g/mol. The van der Waals surface area contributed by atoms with E-state index in [9.17, 15) is 24.6 Å². The van der Waals surface area contributed by atoms with Gasteiger partial charge in [-0.1, -0.05) is 60.7 Å². The summed E-state index contributed by atoms with van der Waals surface area (Å²) in [5.41, 5.74) is 4.86. The molecule has 0 aliphatic rings. The molecule has 0 unspecified atom stereocenters. The molecule has 9 nitrogen and oxygen atoms in total. The molecule has 4 aromatic rings. The summed E-state index contributed by atoms with van der Waals surface area (Å²) in [5, 5.41) is 30.0. The molecule has 0 aliphatic carbocycles. The number of aryl methyl sites for hydroxylation is 2. The highest BCUT2D eigenvalue weighted by Gasteiger charge is 2.25. The smallest absolute Gasteiger partial charge is 0.305 e. The van der Waals surface area contributed by atoms with Crippen molar-refractivity contribution in [2.45, 2.75) is 45.2 Å². The zero-order chi connectivity index (χ0) is 30.1. The van der Waals surface area contributed by atoms with Gasteiger partial charge in [0.25, 0.3) is 0 Å². The first kappa shape index (κ1) is 30.2. The number of fused-ring (bicyclic) bond motifs is 1. The number of aliphatic carboxylic acids is 1. The van der Waals surface area contributed by atoms with Gasteiger partial charge in [-0.2, -0.15) is 0 Å². The fourth-order valence-corrected chi connectivity index (χ4v) is 4.85. The number of benzene rings is 3. The van der Waals surface area contributed by atoms with Crippen LogP contribution in [0.2, 0.25) is 0 Å². The number of amides is 2. The van der Waals surface area contributed by atoms with Crippen LogP contribution >= 0.6 is 0 Å². The lowest BCUT2D eigenvalue weighted by Gasteiger charge is -2.22. The van der Waals surface area contributed by atoms with E-state index in [0.29, 0.717) is 24.3 Å². The maximum Gasteiger partial charge on any atom is 0.305 e. The van der Waals surface area contributed by atoms with Crippen molar-refractivity contribution >= 4 is 34.4 Å². The molecule has 2 atom stereocenters. The van der Waals surface area contributed by atoms with Gasteiger partial charge in [0.1, 0.15) is 11.9 Å². The Morgan fingerprint density at radius 3 is 2.33 bits per heavy atom. The highest BCUT2D eigenvalue weighted by molar-refractivity contribution is 5.98. The number of nitrogens with one attached hydrogen (secondary N) is 3. The summed E-state index contributed by atoms with van der Waals surface area (Å²) in [4.78, 5) is 41.3. The summed E-state index contributed by atoms with van der Waals surface area (Å²) in [7, 11) is 0. The largest absolute Gasteiger partial charge is 0.481 e. The third-order valence-electron chi connectivity index (χ3n) is 7.10. The van der Waals surface area contributed by atoms with Crippen molar-refractivity contribution in [1.29, 1.82) is 0 Å². The van der Waals surface area contributed by atoms with Crippen LogP contribution in [-0.2, 0) is 14.4 Å². The highest BCUT2D eigenvalue weighted by Crippen LogP contribution is 2.31. The van der Waals surface area contributed by atoms with E-state index in [-0.39, 0.29) is 12.8 Å². The Kier molecular flexibility index (Phi) is 10.2. The highest BCUT2D eigenvalue weighted by atomic mass is 16.4. The Balaban J connectivity index is 1.38. The molecular formula is C33H36N4O5. The second-order valence-corrected chi connectivity index (χ2v) is 10.3. The topological polar surface area (TPSA) is 141 Å². The molecule has 1 heterocycles. The van der Waals surface area contributed by atoms with Gasteiger partial charge in [-0.15, -0.1) is 0 Å². The summed E-state index contributed by atoms with van der Waals surface area (Å²) in [6.07, 6.45) is 1.97. The number of hydrogen-bond donors (Lipinski definition) is 5. The van der Waals surface area contributed by atoms with Crippen LogP contribution < -0.4 is 16.0 Å². The lowest BCUT2D eigenvalue weighted by Crippen LogP contribution is -2.50. The van der Waals surface area contributed by atoms with Gasteiger partial charge in [0.15, 0.2) is 0 Å². The number of carbonyl (C=O) groups excluding carboxylic acids is 2. The Hall–Kier alpha value is -4.76. The molecule has 9 heteroatoms. The lowest BCUT2D eigenvalue weighted by atomic mass is 9.94. The standard InChI is InChI=1S/C33H36N4O5/c1-21-15-17-35-30(18-21)34-16-5-8-31(39)36-29(20-38)33(42)37-28(19-32(40)41)24-12-10-23(11-13-24)26-14-9-22(2)25-6-3-4-7-27(25)26/h3-4,6-7,9-15,17-18,28-29,38H,5,8,16,19-20H2,1-2H3,(H,34,35)(H,36,39)(H,37,42)(H,40,41)/t28-,29-/m0/s1. The van der Waals surface area contributed by atoms with Crippen LogP contribution in [0.15, 0.2) is 79.0 Å². The minimum atomic E-state index is -1.21. The van der Waals surface area contributed by atoms with Crippen molar-refractivity contribution in [2.24, 2.45) is 0 Å². The number of carbonyl (C=O) groups is 3. The van der Waals surface area contributed by atoms with E-state index in [2.05, 4.69) is 52.1 Å². The zero-order valence-electron chi connectivity index (χ0n) is 23.8. The number of aliphatic hydroxyl groups is 1. The van der Waals surface area contributed by atoms with E-state index >= 15 is 0 Å². The quantitative estimate of drug-likeness (QED) is 0.149. The molecule has 1 aromatic heterocycles. The number of pyridine rings is 1. The van der Waals surface area contributed by atoms with Crippen molar-refractivity contribution in [2.75, 3.05) is 18.5 Å². The molecule has 2 amide bonds. The molecule has 0 fully saturated rings. The number of rotatable bonds is 13. The van der Waals surface area contributed by atoms with Crippen LogP contribution in [0.25, 0.3) is 21.9 Å². The predicted octanol–water partition coefficient (Wildman–Crippen LogP) is 4.52. The molecule has 0 radical (unpaired) electrons. The Morgan fingerprint density at radius 1 is 0.905 bits per heavy atom. The number of hydrogen-bond acceptors (Lipinski definition) is 6. The third kappa shape index (κ3) is 7.92. The average molecular weight is 569 g/mol. The lowest BCUT2D eigenvalue weighted by molar-refractivity contribution is -0.138. The average Bonchev–Trinajstić information content (AvgIpc) is 2.98. The van der Waals surface area contributed by atoms with E-state index in [1.54, 1.807) is 18.3 Å². The maximum absolute atomic E-state index is 13.0. The molecule has 3 aromatic carbocycles. The minimum absolute atomic E-state index is 0.135. The molecule has 5 N–H and O–H groups in total. The van der Waals surface area contributed by atoms with E-state index in [1.165, 1.54) is 5.56 Å². The fourth-order valence-electron chi connectivity index (χ4n) is 4.85. The molecule has 0 aliphatic heterocycles. The number of carboxylic acids is 1. The van der Waals surface area contributed by atoms with E-state index in [4.69, 9.17) is 0 Å². The second kappa shape index (κ2) is 14.2. The summed E-state index contributed by atoms with van der Waals surface area (Å²) < 4.78 is 0. The van der Waals surface area contributed by atoms with Crippen molar-refractivity contribution in [3.63, 3.8) is 0 Å². The van der Waals surface area contributed by atoms with Crippen LogP contribution in [0.5, 0.6) is 0 Å². The Labute approximate surface area is 245 Å². The van der Waals surface area contributed by atoms with Gasteiger partial charge in [0, 0.05) is 19.2 Å². The van der Waals surface area contributed by atoms with Crippen LogP contribution in [0, 0.1) is 13.8 Å². The molecule has 0 saturated carbocycles. The molecule has 42 heavy (non-hydrogen) atoms. The molecule has 4 rings (SSSR count). The molecule has 0 saturated heterocycles. The predicted molar refractivity (Wildman–Crippen MR) is 163 cm³/mol. The molecule has 0 spiro atoms. The Bertz CT molecular complexity index is 1550. The zero-order valence-corrected chi connectivity index (χ0v) is 23.8. The van der Waals surface area contributed by atoms with Gasteiger partial charge in [0.05, 0.1) is 19.1 Å². The first-order valence-corrected chi connectivity index (χ1v) is 13.9. The van der Waals surface area contributed by atoms with E-state index in [1.807, 2.05) is 43.3 Å². The van der Waals surface area contributed by atoms with Gasteiger partial charge in [-0.3, -0.25) is 14.4 Å². The van der Waals surface area contributed by atoms with Gasteiger partial charge >= 0.3 is 5.97 Å². The number of nitrogens with zero attached hydrogens (tertiary/aromatic N) is 1. The van der Waals surface area contributed by atoms with Gasteiger partial charge in [-0.25, -0.2) is 4.98 Å². The van der Waals surface area contributed by atoms with Crippen LogP contribution in [0.1, 0.15) is 42.0 Å². The van der Waals surface area contributed by atoms with Gasteiger partial charge < -0.3 is 26.2 Å². The maximum atomic E-state index is 13.0. The van der Waals surface area contributed by atoms with Crippen LogP contribution in [0.4, 0.5) is 5.82 Å².